The quantitative estimate of drug-likeness (QED) is 0.555. The molecule has 0 saturated carbocycles. The molecule has 0 N–H and O–H groups in total. The van der Waals surface area contributed by atoms with Crippen LogP contribution in [0.3, 0.4) is 0 Å². The number of hydrogen-bond acceptors (Lipinski definition) is 1. The highest BCUT2D eigenvalue weighted by molar-refractivity contribution is 4.82. The summed E-state index contributed by atoms with van der Waals surface area (Å²) in [5.74, 6) is 1.54. The van der Waals surface area contributed by atoms with E-state index in [1.807, 2.05) is 0 Å². The molecule has 1 rings (SSSR count). The minimum Gasteiger partial charge on any atom is -0.381 e. The Morgan fingerprint density at radius 3 is 2.91 bits per heavy atom. The van der Waals surface area contributed by atoms with Gasteiger partial charge < -0.3 is 4.74 Å². The monoisotopic (exact) mass is 154 g/mol. The number of rotatable bonds is 2. The SMILES string of the molecule is CC=CCC1COCC(C)C1. The van der Waals surface area contributed by atoms with E-state index < -0.39 is 0 Å². The van der Waals surface area contributed by atoms with Gasteiger partial charge >= 0.3 is 0 Å². The Labute approximate surface area is 69.4 Å². The van der Waals surface area contributed by atoms with Crippen molar-refractivity contribution >= 4 is 0 Å². The fraction of sp³-hybridized carbons (Fsp3) is 0.800. The average Bonchev–Trinajstić information content (AvgIpc) is 2.01. The summed E-state index contributed by atoms with van der Waals surface area (Å²) in [5.41, 5.74) is 0. The lowest BCUT2D eigenvalue weighted by molar-refractivity contribution is 0.0222. The van der Waals surface area contributed by atoms with Crippen LogP contribution in [-0.4, -0.2) is 13.2 Å². The zero-order valence-corrected chi connectivity index (χ0v) is 7.55. The van der Waals surface area contributed by atoms with Crippen molar-refractivity contribution in [3.05, 3.63) is 12.2 Å². The summed E-state index contributed by atoms with van der Waals surface area (Å²) in [5, 5.41) is 0. The maximum atomic E-state index is 5.46. The van der Waals surface area contributed by atoms with Crippen LogP contribution in [0.1, 0.15) is 26.7 Å². The molecule has 1 heterocycles. The van der Waals surface area contributed by atoms with Crippen LogP contribution >= 0.6 is 0 Å². The van der Waals surface area contributed by atoms with E-state index >= 15 is 0 Å². The zero-order valence-electron chi connectivity index (χ0n) is 7.55. The Morgan fingerprint density at radius 2 is 2.27 bits per heavy atom. The lowest BCUT2D eigenvalue weighted by Crippen LogP contribution is -2.23. The molecule has 0 bridgehead atoms. The highest BCUT2D eigenvalue weighted by atomic mass is 16.5. The Kier molecular flexibility index (Phi) is 3.64. The Balaban J connectivity index is 2.22. The lowest BCUT2D eigenvalue weighted by atomic mass is 9.92. The summed E-state index contributed by atoms with van der Waals surface area (Å²) in [6.45, 7) is 6.27. The molecule has 2 unspecified atom stereocenters. The molecule has 1 aliphatic rings. The van der Waals surface area contributed by atoms with Gasteiger partial charge in [0.15, 0.2) is 0 Å². The molecule has 0 aromatic rings. The highest BCUT2D eigenvalue weighted by Gasteiger charge is 2.17. The highest BCUT2D eigenvalue weighted by Crippen LogP contribution is 2.21. The van der Waals surface area contributed by atoms with Crippen molar-refractivity contribution < 1.29 is 4.74 Å². The van der Waals surface area contributed by atoms with E-state index in [1.54, 1.807) is 0 Å². The second-order valence-electron chi connectivity index (χ2n) is 3.55. The van der Waals surface area contributed by atoms with Crippen LogP contribution in [0, 0.1) is 11.8 Å². The van der Waals surface area contributed by atoms with Gasteiger partial charge in [-0.3, -0.25) is 0 Å². The van der Waals surface area contributed by atoms with Gasteiger partial charge in [0.1, 0.15) is 0 Å². The van der Waals surface area contributed by atoms with E-state index in [1.165, 1.54) is 12.8 Å². The molecule has 1 saturated heterocycles. The van der Waals surface area contributed by atoms with E-state index in [4.69, 9.17) is 4.74 Å². The van der Waals surface area contributed by atoms with Crippen LogP contribution in [0.25, 0.3) is 0 Å². The van der Waals surface area contributed by atoms with Gasteiger partial charge in [-0.2, -0.15) is 0 Å². The standard InChI is InChI=1S/C10H18O/c1-3-4-5-10-6-9(2)7-11-8-10/h3-4,9-10H,5-8H2,1-2H3. The molecule has 11 heavy (non-hydrogen) atoms. The van der Waals surface area contributed by atoms with Crippen LogP contribution in [0.15, 0.2) is 12.2 Å². The third-order valence-electron chi connectivity index (χ3n) is 2.20. The van der Waals surface area contributed by atoms with Crippen molar-refractivity contribution in [1.29, 1.82) is 0 Å². The van der Waals surface area contributed by atoms with Crippen molar-refractivity contribution in [2.45, 2.75) is 26.7 Å². The summed E-state index contributed by atoms with van der Waals surface area (Å²) >= 11 is 0. The van der Waals surface area contributed by atoms with Crippen molar-refractivity contribution in [1.82, 2.24) is 0 Å². The van der Waals surface area contributed by atoms with Crippen molar-refractivity contribution in [2.24, 2.45) is 11.8 Å². The van der Waals surface area contributed by atoms with Crippen LogP contribution in [0.2, 0.25) is 0 Å². The Hall–Kier alpha value is -0.300. The van der Waals surface area contributed by atoms with E-state index in [9.17, 15) is 0 Å². The predicted octanol–water partition coefficient (Wildman–Crippen LogP) is 2.63. The molecule has 1 fully saturated rings. The molecule has 1 heteroatoms. The smallest absolute Gasteiger partial charge is 0.0497 e. The summed E-state index contributed by atoms with van der Waals surface area (Å²) in [4.78, 5) is 0. The maximum absolute atomic E-state index is 5.46. The Bertz CT molecular complexity index is 129. The van der Waals surface area contributed by atoms with Crippen LogP contribution < -0.4 is 0 Å². The first kappa shape index (κ1) is 8.79. The molecular formula is C10H18O. The number of ether oxygens (including phenoxy) is 1. The second kappa shape index (κ2) is 4.55. The molecule has 0 aromatic carbocycles. The summed E-state index contributed by atoms with van der Waals surface area (Å²) in [7, 11) is 0. The van der Waals surface area contributed by atoms with Gasteiger partial charge in [0.2, 0.25) is 0 Å². The van der Waals surface area contributed by atoms with Gasteiger partial charge in [0.05, 0.1) is 0 Å². The molecule has 0 spiro atoms. The fourth-order valence-electron chi connectivity index (χ4n) is 1.63. The van der Waals surface area contributed by atoms with Crippen LogP contribution in [0.4, 0.5) is 0 Å². The minimum atomic E-state index is 0.763. The van der Waals surface area contributed by atoms with Gasteiger partial charge in [0, 0.05) is 13.2 Å². The van der Waals surface area contributed by atoms with Gasteiger partial charge in [-0.25, -0.2) is 0 Å². The third kappa shape index (κ3) is 3.06. The van der Waals surface area contributed by atoms with E-state index in [-0.39, 0.29) is 0 Å². The van der Waals surface area contributed by atoms with Crippen LogP contribution in [0.5, 0.6) is 0 Å². The Morgan fingerprint density at radius 1 is 1.45 bits per heavy atom. The first-order valence-corrected chi connectivity index (χ1v) is 4.51. The molecule has 1 nitrogen and oxygen atoms in total. The molecule has 64 valence electrons. The number of allylic oxidation sites excluding steroid dienone is 2. The maximum Gasteiger partial charge on any atom is 0.0497 e. The summed E-state index contributed by atoms with van der Waals surface area (Å²) in [6, 6.07) is 0. The largest absolute Gasteiger partial charge is 0.381 e. The predicted molar refractivity (Wildman–Crippen MR) is 47.5 cm³/mol. The van der Waals surface area contributed by atoms with E-state index in [0.717, 1.165) is 25.0 Å². The molecule has 0 aromatic heterocycles. The third-order valence-corrected chi connectivity index (χ3v) is 2.20. The topological polar surface area (TPSA) is 9.23 Å². The van der Waals surface area contributed by atoms with Crippen molar-refractivity contribution in [3.8, 4) is 0 Å². The molecule has 0 aliphatic carbocycles. The molecular weight excluding hydrogens is 136 g/mol. The normalized spacial score (nSPS) is 32.9. The van der Waals surface area contributed by atoms with E-state index in [0.29, 0.717) is 0 Å². The van der Waals surface area contributed by atoms with Crippen LogP contribution in [-0.2, 0) is 4.74 Å². The molecule has 1 aliphatic heterocycles. The average molecular weight is 154 g/mol. The molecule has 0 radical (unpaired) electrons. The summed E-state index contributed by atoms with van der Waals surface area (Å²) < 4.78 is 5.46. The van der Waals surface area contributed by atoms with Gasteiger partial charge in [-0.15, -0.1) is 0 Å². The van der Waals surface area contributed by atoms with Crippen molar-refractivity contribution in [3.63, 3.8) is 0 Å². The van der Waals surface area contributed by atoms with Crippen molar-refractivity contribution in [2.75, 3.05) is 13.2 Å². The summed E-state index contributed by atoms with van der Waals surface area (Å²) in [6.07, 6.45) is 6.90. The molecule has 2 atom stereocenters. The van der Waals surface area contributed by atoms with Gasteiger partial charge in [-0.1, -0.05) is 19.1 Å². The zero-order chi connectivity index (χ0) is 8.10. The first-order valence-electron chi connectivity index (χ1n) is 4.51. The first-order chi connectivity index (χ1) is 5.33. The number of hydrogen-bond donors (Lipinski definition) is 0. The second-order valence-corrected chi connectivity index (χ2v) is 3.55. The van der Waals surface area contributed by atoms with Gasteiger partial charge in [-0.05, 0) is 31.6 Å². The molecule has 0 amide bonds. The van der Waals surface area contributed by atoms with E-state index in [2.05, 4.69) is 26.0 Å². The van der Waals surface area contributed by atoms with Gasteiger partial charge in [0.25, 0.3) is 0 Å². The minimum absolute atomic E-state index is 0.763. The fourth-order valence-corrected chi connectivity index (χ4v) is 1.63. The lowest BCUT2D eigenvalue weighted by Gasteiger charge is -2.25.